The van der Waals surface area contributed by atoms with Gasteiger partial charge in [0, 0.05) is 12.5 Å². The molecule has 1 aromatic rings. The highest BCUT2D eigenvalue weighted by atomic mass is 32.2. The molecule has 1 unspecified atom stereocenters. The highest BCUT2D eigenvalue weighted by Crippen LogP contribution is 2.27. The van der Waals surface area contributed by atoms with Crippen LogP contribution in [-0.4, -0.2) is 35.4 Å². The Morgan fingerprint density at radius 1 is 1.40 bits per heavy atom. The summed E-state index contributed by atoms with van der Waals surface area (Å²) in [7, 11) is -2.96. The summed E-state index contributed by atoms with van der Waals surface area (Å²) in [6.45, 7) is 3.94. The van der Waals surface area contributed by atoms with Gasteiger partial charge in [0.1, 0.15) is 17.5 Å². The molecule has 0 aliphatic carbocycles. The number of sulfone groups is 1. The third kappa shape index (κ3) is 3.57. The molecule has 20 heavy (non-hydrogen) atoms. The van der Waals surface area contributed by atoms with Gasteiger partial charge in [0.15, 0.2) is 9.84 Å². The Hall–Kier alpha value is -1.41. The van der Waals surface area contributed by atoms with Gasteiger partial charge < -0.3 is 10.7 Å². The summed E-state index contributed by atoms with van der Waals surface area (Å²) in [6, 6.07) is 1.69. The molecule has 0 bridgehead atoms. The molecule has 1 aromatic heterocycles. The van der Waals surface area contributed by atoms with Crippen molar-refractivity contribution in [1.29, 1.82) is 0 Å². The van der Waals surface area contributed by atoms with Crippen LogP contribution in [0, 0.1) is 0 Å². The maximum Gasteiger partial charge on any atom is 0.152 e. The third-order valence-corrected chi connectivity index (χ3v) is 5.23. The first-order valence-electron chi connectivity index (χ1n) is 6.69. The zero-order chi connectivity index (χ0) is 14.8. The van der Waals surface area contributed by atoms with E-state index in [0.717, 1.165) is 12.8 Å². The number of rotatable bonds is 5. The third-order valence-electron chi connectivity index (χ3n) is 3.33. The number of aromatic nitrogens is 2. The fourth-order valence-electron chi connectivity index (χ4n) is 2.39. The van der Waals surface area contributed by atoms with Gasteiger partial charge in [-0.15, -0.1) is 0 Å². The lowest BCUT2D eigenvalue weighted by atomic mass is 10.0. The van der Waals surface area contributed by atoms with Crippen molar-refractivity contribution in [3.05, 3.63) is 11.9 Å². The molecule has 1 fully saturated rings. The van der Waals surface area contributed by atoms with Gasteiger partial charge in [-0.05, 0) is 19.8 Å². The minimum absolute atomic E-state index is 0.124. The van der Waals surface area contributed by atoms with Gasteiger partial charge in [0.25, 0.3) is 0 Å². The number of nitrogen functional groups attached to an aromatic ring is 1. The average molecular weight is 299 g/mol. The molecule has 2 rings (SSSR count). The van der Waals surface area contributed by atoms with Gasteiger partial charge in [-0.2, -0.15) is 0 Å². The number of hydrogen-bond acceptors (Lipinski definition) is 7. The summed E-state index contributed by atoms with van der Waals surface area (Å²) < 4.78 is 23.2. The van der Waals surface area contributed by atoms with E-state index in [1.54, 1.807) is 6.07 Å². The summed E-state index contributed by atoms with van der Waals surface area (Å²) in [5.74, 6) is 7.56. The van der Waals surface area contributed by atoms with Gasteiger partial charge in [-0.3, -0.25) is 0 Å². The first-order valence-corrected chi connectivity index (χ1v) is 8.51. The Morgan fingerprint density at radius 3 is 2.65 bits per heavy atom. The Balaban J connectivity index is 2.22. The molecule has 112 valence electrons. The zero-order valence-electron chi connectivity index (χ0n) is 11.8. The Morgan fingerprint density at radius 2 is 2.10 bits per heavy atom. The fraction of sp³-hybridized carbons (Fsp3) is 0.667. The summed E-state index contributed by atoms with van der Waals surface area (Å²) >= 11 is 0. The van der Waals surface area contributed by atoms with E-state index in [1.807, 2.05) is 13.8 Å². The lowest BCUT2D eigenvalue weighted by molar-refractivity contribution is 0.571. The molecule has 0 amide bonds. The van der Waals surface area contributed by atoms with Crippen LogP contribution in [0.4, 0.5) is 11.6 Å². The van der Waals surface area contributed by atoms with Crippen molar-refractivity contribution in [2.75, 3.05) is 22.2 Å². The van der Waals surface area contributed by atoms with Gasteiger partial charge in [0.05, 0.1) is 17.0 Å². The number of aryl methyl sites for hydroxylation is 1. The standard InChI is InChI=1S/C12H21N5O2S/c1-3-4-9-14-10(7-11(15-9)17-13)16-12(2)5-6-20(18,19)8-12/h7H,3-6,8,13H2,1-2H3,(H2,14,15,16,17). The summed E-state index contributed by atoms with van der Waals surface area (Å²) in [4.78, 5) is 8.68. The first kappa shape index (κ1) is 15.0. The van der Waals surface area contributed by atoms with Crippen LogP contribution in [0.25, 0.3) is 0 Å². The largest absolute Gasteiger partial charge is 0.364 e. The topological polar surface area (TPSA) is 110 Å². The monoisotopic (exact) mass is 299 g/mol. The van der Waals surface area contributed by atoms with E-state index in [0.29, 0.717) is 23.9 Å². The van der Waals surface area contributed by atoms with Crippen LogP contribution in [-0.2, 0) is 16.3 Å². The van der Waals surface area contributed by atoms with E-state index in [1.165, 1.54) is 0 Å². The molecule has 0 saturated carbocycles. The average Bonchev–Trinajstić information content (AvgIpc) is 2.63. The van der Waals surface area contributed by atoms with Crippen LogP contribution in [0.3, 0.4) is 0 Å². The maximum absolute atomic E-state index is 11.6. The van der Waals surface area contributed by atoms with Crippen LogP contribution in [0.1, 0.15) is 32.5 Å². The number of nitrogens with zero attached hydrogens (tertiary/aromatic N) is 2. The van der Waals surface area contributed by atoms with E-state index in [-0.39, 0.29) is 11.5 Å². The van der Waals surface area contributed by atoms with Crippen LogP contribution in [0.2, 0.25) is 0 Å². The van der Waals surface area contributed by atoms with Crippen molar-refractivity contribution in [3.63, 3.8) is 0 Å². The minimum atomic E-state index is -2.96. The van der Waals surface area contributed by atoms with Crippen LogP contribution in [0.5, 0.6) is 0 Å². The quantitative estimate of drug-likeness (QED) is 0.542. The minimum Gasteiger partial charge on any atom is -0.364 e. The SMILES string of the molecule is CCCc1nc(NN)cc(NC2(C)CCS(=O)(=O)C2)n1. The number of nitrogens with two attached hydrogens (primary N) is 1. The molecule has 8 heteroatoms. The molecule has 1 aliphatic heterocycles. The van der Waals surface area contributed by atoms with Crippen molar-refractivity contribution in [1.82, 2.24) is 9.97 Å². The molecule has 7 nitrogen and oxygen atoms in total. The van der Waals surface area contributed by atoms with Gasteiger partial charge in [0.2, 0.25) is 0 Å². The molecule has 1 aliphatic rings. The first-order chi connectivity index (χ1) is 9.36. The van der Waals surface area contributed by atoms with Crippen molar-refractivity contribution in [2.24, 2.45) is 5.84 Å². The van der Waals surface area contributed by atoms with E-state index < -0.39 is 15.4 Å². The predicted octanol–water partition coefficient (Wildman–Crippen LogP) is 0.704. The van der Waals surface area contributed by atoms with Crippen molar-refractivity contribution < 1.29 is 8.42 Å². The van der Waals surface area contributed by atoms with E-state index >= 15 is 0 Å². The van der Waals surface area contributed by atoms with E-state index in [2.05, 4.69) is 20.7 Å². The highest BCUT2D eigenvalue weighted by molar-refractivity contribution is 7.91. The summed E-state index contributed by atoms with van der Waals surface area (Å²) in [5.41, 5.74) is 2.03. The lowest BCUT2D eigenvalue weighted by Gasteiger charge is -2.25. The second-order valence-corrected chi connectivity index (χ2v) is 7.66. The summed E-state index contributed by atoms with van der Waals surface area (Å²) in [6.07, 6.45) is 2.26. The van der Waals surface area contributed by atoms with Crippen LogP contribution < -0.4 is 16.6 Å². The number of nitrogens with one attached hydrogen (secondary N) is 2. The highest BCUT2D eigenvalue weighted by Gasteiger charge is 2.38. The van der Waals surface area contributed by atoms with Crippen molar-refractivity contribution in [2.45, 2.75) is 38.6 Å². The summed E-state index contributed by atoms with van der Waals surface area (Å²) in [5, 5.41) is 3.22. The number of anilines is 2. The van der Waals surface area contributed by atoms with Gasteiger partial charge in [-0.1, -0.05) is 6.92 Å². The predicted molar refractivity (Wildman–Crippen MR) is 79.1 cm³/mol. The molecular formula is C12H21N5O2S. The molecule has 0 spiro atoms. The maximum atomic E-state index is 11.6. The molecular weight excluding hydrogens is 278 g/mol. The number of hydrazine groups is 1. The van der Waals surface area contributed by atoms with Gasteiger partial charge >= 0.3 is 0 Å². The molecule has 0 aromatic carbocycles. The van der Waals surface area contributed by atoms with Crippen LogP contribution in [0.15, 0.2) is 6.07 Å². The zero-order valence-corrected chi connectivity index (χ0v) is 12.6. The van der Waals surface area contributed by atoms with Crippen LogP contribution >= 0.6 is 0 Å². The molecule has 1 atom stereocenters. The molecule has 0 radical (unpaired) electrons. The number of hydrogen-bond donors (Lipinski definition) is 3. The second-order valence-electron chi connectivity index (χ2n) is 5.48. The Kier molecular flexibility index (Phi) is 4.14. The van der Waals surface area contributed by atoms with Crippen molar-refractivity contribution in [3.8, 4) is 0 Å². The fourth-order valence-corrected chi connectivity index (χ4v) is 4.48. The molecule has 4 N–H and O–H groups in total. The molecule has 1 saturated heterocycles. The Labute approximate surface area is 119 Å². The molecule has 2 heterocycles. The van der Waals surface area contributed by atoms with E-state index in [4.69, 9.17) is 5.84 Å². The smallest absolute Gasteiger partial charge is 0.152 e. The van der Waals surface area contributed by atoms with E-state index in [9.17, 15) is 8.42 Å². The van der Waals surface area contributed by atoms with Crippen molar-refractivity contribution >= 4 is 21.5 Å². The Bertz CT molecular complexity index is 590. The lowest BCUT2D eigenvalue weighted by Crippen LogP contribution is -2.36. The van der Waals surface area contributed by atoms with Gasteiger partial charge in [-0.25, -0.2) is 24.2 Å². The second kappa shape index (κ2) is 5.53. The normalized spacial score (nSPS) is 24.6.